The number of halogens is 2. The summed E-state index contributed by atoms with van der Waals surface area (Å²) in [6.07, 6.45) is 1.29. The van der Waals surface area contributed by atoms with E-state index in [1.807, 2.05) is 33.8 Å². The van der Waals surface area contributed by atoms with Crippen molar-refractivity contribution in [1.29, 1.82) is 0 Å². The van der Waals surface area contributed by atoms with Crippen molar-refractivity contribution in [2.75, 3.05) is 24.8 Å². The van der Waals surface area contributed by atoms with Crippen molar-refractivity contribution in [1.82, 2.24) is 14.1 Å². The third-order valence-corrected chi connectivity index (χ3v) is 9.21. The first-order valence-corrected chi connectivity index (χ1v) is 15.1. The Morgan fingerprint density at radius 1 is 0.830 bits per heavy atom. The zero-order chi connectivity index (χ0) is 32.0. The van der Waals surface area contributed by atoms with Crippen molar-refractivity contribution in [2.45, 2.75) is 18.5 Å². The molecule has 5 aromatic rings. The molecule has 9 rings (SSSR count). The Labute approximate surface area is 265 Å². The Bertz CT molecular complexity index is 2210. The van der Waals surface area contributed by atoms with Crippen LogP contribution in [0.4, 0.5) is 8.78 Å². The zero-order valence-electron chi connectivity index (χ0n) is 24.5. The monoisotopic (exact) mass is 634 g/mol. The van der Waals surface area contributed by atoms with Gasteiger partial charge in [-0.1, -0.05) is 42.5 Å². The molecule has 2 aromatic heterocycles. The highest BCUT2D eigenvalue weighted by atomic mass is 19.2. The molecule has 1 amide bonds. The topological polar surface area (TPSA) is 95.2 Å². The van der Waals surface area contributed by atoms with Gasteiger partial charge in [0.15, 0.2) is 17.3 Å². The number of pyridine rings is 1. The lowest BCUT2D eigenvalue weighted by molar-refractivity contribution is -0.0417. The van der Waals surface area contributed by atoms with Gasteiger partial charge < -0.3 is 23.7 Å². The number of carbonyl (C=O) groups excluding carboxylic acids is 2. The third-order valence-electron chi connectivity index (χ3n) is 9.21. The minimum Gasteiger partial charge on any atom is -0.444 e. The summed E-state index contributed by atoms with van der Waals surface area (Å²) >= 11 is 0. The molecule has 4 aliphatic heterocycles. The number of ether oxygens (including phenoxy) is 3. The summed E-state index contributed by atoms with van der Waals surface area (Å²) in [5.74, 6) is -3.40. The van der Waals surface area contributed by atoms with Crippen molar-refractivity contribution in [2.24, 2.45) is 0 Å². The second-order valence-electron chi connectivity index (χ2n) is 11.6. The SMILES string of the molecule is O=C1OC(Oc2c3n(ccc2=O)N(C2c4ccccc4-n4cccc4-c4c2ccc(F)c4F)C2COCCN2C3=O)c2ccccc21. The first-order valence-electron chi connectivity index (χ1n) is 15.1. The Morgan fingerprint density at radius 3 is 2.51 bits per heavy atom. The average Bonchev–Trinajstić information content (AvgIpc) is 3.67. The molecule has 47 heavy (non-hydrogen) atoms. The quantitative estimate of drug-likeness (QED) is 0.266. The van der Waals surface area contributed by atoms with Crippen LogP contribution in [0.3, 0.4) is 0 Å². The normalized spacial score (nSPS) is 20.7. The molecule has 0 spiro atoms. The number of para-hydroxylation sites is 1. The third kappa shape index (κ3) is 3.88. The maximum atomic E-state index is 16.0. The fourth-order valence-electron chi connectivity index (χ4n) is 7.18. The summed E-state index contributed by atoms with van der Waals surface area (Å²) in [7, 11) is 0. The molecule has 6 heterocycles. The molecular formula is C35H24F2N4O6. The maximum Gasteiger partial charge on any atom is 0.342 e. The molecule has 0 saturated carbocycles. The predicted molar refractivity (Wildman–Crippen MR) is 163 cm³/mol. The molecule has 234 valence electrons. The highest BCUT2D eigenvalue weighted by Gasteiger charge is 2.47. The van der Waals surface area contributed by atoms with Crippen LogP contribution in [-0.4, -0.2) is 51.9 Å². The van der Waals surface area contributed by atoms with Crippen LogP contribution in [0, 0.1) is 11.6 Å². The summed E-state index contributed by atoms with van der Waals surface area (Å²) in [5, 5.41) is 1.85. The van der Waals surface area contributed by atoms with Crippen molar-refractivity contribution in [3.05, 3.63) is 141 Å². The number of carbonyl (C=O) groups is 2. The lowest BCUT2D eigenvalue weighted by Gasteiger charge is -2.51. The number of rotatable bonds is 3. The number of cyclic esters (lactones) is 1. The fourth-order valence-corrected chi connectivity index (χ4v) is 7.18. The summed E-state index contributed by atoms with van der Waals surface area (Å²) in [4.78, 5) is 42.0. The van der Waals surface area contributed by atoms with Gasteiger partial charge in [0.2, 0.25) is 11.2 Å². The lowest BCUT2D eigenvalue weighted by Crippen LogP contribution is -2.66. The van der Waals surface area contributed by atoms with E-state index in [0.717, 1.165) is 17.3 Å². The van der Waals surface area contributed by atoms with E-state index in [2.05, 4.69) is 0 Å². The average molecular weight is 635 g/mol. The minimum absolute atomic E-state index is 0.0740. The number of nitrogens with zero attached hydrogens (tertiary/aromatic N) is 4. The number of hydrogen-bond acceptors (Lipinski definition) is 7. The Kier molecular flexibility index (Phi) is 5.94. The standard InChI is InChI=1S/C35H24F2N4O6/c36-23-12-11-22-28(29(23)37)25-10-5-14-38(25)24-9-4-3-8-21(24)30(22)41-27-18-45-17-16-39(27)33(43)31-32(26(42)13-15-40(31)41)46-35-20-7-2-1-6-19(20)34(44)47-35/h1-15,27,30,35H,16-18H2. The van der Waals surface area contributed by atoms with Crippen LogP contribution in [0.2, 0.25) is 0 Å². The van der Waals surface area contributed by atoms with Crippen molar-refractivity contribution >= 4 is 11.9 Å². The largest absolute Gasteiger partial charge is 0.444 e. The smallest absolute Gasteiger partial charge is 0.342 e. The van der Waals surface area contributed by atoms with E-state index < -0.39 is 47.4 Å². The van der Waals surface area contributed by atoms with E-state index in [0.29, 0.717) is 22.4 Å². The first-order chi connectivity index (χ1) is 22.9. The molecule has 1 saturated heterocycles. The summed E-state index contributed by atoms with van der Waals surface area (Å²) < 4.78 is 51.8. The minimum atomic E-state index is -1.26. The maximum absolute atomic E-state index is 16.0. The summed E-state index contributed by atoms with van der Waals surface area (Å²) in [6, 6.07) is 20.8. The highest BCUT2D eigenvalue weighted by molar-refractivity contribution is 5.97. The van der Waals surface area contributed by atoms with E-state index in [-0.39, 0.29) is 36.8 Å². The summed E-state index contributed by atoms with van der Waals surface area (Å²) in [5.41, 5.74) is 2.47. The van der Waals surface area contributed by atoms with Gasteiger partial charge in [0.05, 0.1) is 30.2 Å². The molecule has 3 atom stereocenters. The van der Waals surface area contributed by atoms with Crippen molar-refractivity contribution < 1.29 is 32.6 Å². The molecule has 0 aliphatic carbocycles. The Hall–Kier alpha value is -5.75. The van der Waals surface area contributed by atoms with E-state index in [4.69, 9.17) is 14.2 Å². The molecule has 3 aromatic carbocycles. The van der Waals surface area contributed by atoms with Crippen LogP contribution < -0.4 is 15.2 Å². The van der Waals surface area contributed by atoms with Crippen LogP contribution in [0.15, 0.2) is 96.1 Å². The Balaban J connectivity index is 1.30. The second-order valence-corrected chi connectivity index (χ2v) is 11.6. The van der Waals surface area contributed by atoms with Gasteiger partial charge in [0.25, 0.3) is 12.2 Å². The number of fused-ring (bicyclic) bond motifs is 8. The van der Waals surface area contributed by atoms with Crippen molar-refractivity contribution in [3.8, 4) is 22.7 Å². The van der Waals surface area contributed by atoms with Crippen LogP contribution in [0.5, 0.6) is 5.75 Å². The van der Waals surface area contributed by atoms with Gasteiger partial charge in [-0.3, -0.25) is 19.3 Å². The van der Waals surface area contributed by atoms with Gasteiger partial charge in [-0.25, -0.2) is 13.6 Å². The molecule has 1 fully saturated rings. The second kappa shape index (κ2) is 10.1. The predicted octanol–water partition coefficient (Wildman–Crippen LogP) is 4.69. The zero-order valence-corrected chi connectivity index (χ0v) is 24.5. The van der Waals surface area contributed by atoms with Crippen LogP contribution in [-0.2, 0) is 9.47 Å². The molecule has 4 aliphatic rings. The highest BCUT2D eigenvalue weighted by Crippen LogP contribution is 2.46. The summed E-state index contributed by atoms with van der Waals surface area (Å²) in [6.45, 7) is 0.550. The lowest BCUT2D eigenvalue weighted by atomic mass is 9.91. The molecule has 10 nitrogen and oxygen atoms in total. The number of amides is 1. The van der Waals surface area contributed by atoms with Crippen LogP contribution in [0.25, 0.3) is 16.9 Å². The van der Waals surface area contributed by atoms with Gasteiger partial charge in [-0.05, 0) is 35.9 Å². The van der Waals surface area contributed by atoms with Crippen LogP contribution in [0.1, 0.15) is 49.9 Å². The van der Waals surface area contributed by atoms with Gasteiger partial charge in [0, 0.05) is 41.7 Å². The molecule has 0 radical (unpaired) electrons. The molecule has 12 heteroatoms. The number of esters is 1. The molecule has 3 unspecified atom stereocenters. The fraction of sp³-hybridized carbons (Fsp3) is 0.171. The van der Waals surface area contributed by atoms with E-state index >= 15 is 4.39 Å². The molecule has 0 N–H and O–H groups in total. The van der Waals surface area contributed by atoms with Crippen LogP contribution >= 0.6 is 0 Å². The van der Waals surface area contributed by atoms with Crippen molar-refractivity contribution in [3.63, 3.8) is 0 Å². The number of aromatic nitrogens is 2. The van der Waals surface area contributed by atoms with Gasteiger partial charge in [0.1, 0.15) is 12.2 Å². The Morgan fingerprint density at radius 2 is 1.64 bits per heavy atom. The first kappa shape index (κ1) is 27.6. The molecular weight excluding hydrogens is 610 g/mol. The van der Waals surface area contributed by atoms with E-state index in [1.54, 1.807) is 53.6 Å². The van der Waals surface area contributed by atoms with E-state index in [1.165, 1.54) is 16.9 Å². The van der Waals surface area contributed by atoms with E-state index in [9.17, 15) is 18.8 Å². The van der Waals surface area contributed by atoms with Gasteiger partial charge in [-0.15, -0.1) is 0 Å². The van der Waals surface area contributed by atoms with Gasteiger partial charge >= 0.3 is 5.97 Å². The number of benzene rings is 3. The molecule has 0 bridgehead atoms. The number of hydrogen-bond donors (Lipinski definition) is 0. The number of morpholine rings is 1. The van der Waals surface area contributed by atoms with Gasteiger partial charge in [-0.2, -0.15) is 0 Å².